The Kier molecular flexibility index (Phi) is 11.4. The summed E-state index contributed by atoms with van der Waals surface area (Å²) in [5.74, 6) is 7.18. The average molecular weight is 685 g/mol. The number of fused-ring (bicyclic) bond motifs is 5. The van der Waals surface area contributed by atoms with Crippen LogP contribution in [-0.2, 0) is 9.53 Å². The normalized spacial score (nSPS) is 32.6. The molecule has 0 saturated heterocycles. The highest BCUT2D eigenvalue weighted by Crippen LogP contribution is 2.68. The number of carbonyl (C=O) groups is 1. The minimum Gasteiger partial charge on any atom is -0.490 e. The third-order valence-electron chi connectivity index (χ3n) is 14.0. The Balaban J connectivity index is 0.958. The van der Waals surface area contributed by atoms with E-state index in [0.29, 0.717) is 28.0 Å². The monoisotopic (exact) mass is 684 g/mol. The first-order valence-electron chi connectivity index (χ1n) is 19.9. The SMILES string of the molecule is CC(C)CCC[C@@H](C)[C@H]1CCC2C3CCC4CC(Oc5ccc(C=CC(=O)OCCOc6ccc(N)cc6N)cc5)CC[C@]4(C)C3CC[C@@]21C. The molecular weight excluding hydrogens is 620 g/mol. The number of rotatable bonds is 13. The molecule has 2 aromatic rings. The number of hydrogen-bond donors (Lipinski definition) is 2. The van der Waals surface area contributed by atoms with Gasteiger partial charge in [0.05, 0.1) is 11.8 Å². The lowest BCUT2D eigenvalue weighted by Crippen LogP contribution is -2.54. The van der Waals surface area contributed by atoms with Crippen molar-refractivity contribution in [1.29, 1.82) is 0 Å². The molecule has 50 heavy (non-hydrogen) atoms. The number of benzene rings is 2. The number of hydrogen-bond acceptors (Lipinski definition) is 6. The van der Waals surface area contributed by atoms with Crippen LogP contribution in [0.4, 0.5) is 11.4 Å². The van der Waals surface area contributed by atoms with Gasteiger partial charge in [-0.05, 0) is 152 Å². The summed E-state index contributed by atoms with van der Waals surface area (Å²) in [6.07, 6.45) is 20.0. The van der Waals surface area contributed by atoms with Gasteiger partial charge in [-0.1, -0.05) is 66.0 Å². The van der Waals surface area contributed by atoms with Gasteiger partial charge in [0.15, 0.2) is 0 Å². The quantitative estimate of drug-likeness (QED) is 0.0943. The molecule has 0 bridgehead atoms. The van der Waals surface area contributed by atoms with Crippen LogP contribution in [0, 0.1) is 52.3 Å². The van der Waals surface area contributed by atoms with E-state index in [9.17, 15) is 4.79 Å². The summed E-state index contributed by atoms with van der Waals surface area (Å²) in [6.45, 7) is 13.1. The molecule has 6 heteroatoms. The van der Waals surface area contributed by atoms with Crippen LogP contribution in [-0.4, -0.2) is 25.3 Å². The van der Waals surface area contributed by atoms with E-state index >= 15 is 0 Å². The van der Waals surface area contributed by atoms with Crippen LogP contribution in [0.5, 0.6) is 11.5 Å². The van der Waals surface area contributed by atoms with E-state index < -0.39 is 5.97 Å². The van der Waals surface area contributed by atoms with E-state index in [-0.39, 0.29) is 19.3 Å². The molecule has 0 spiro atoms. The second-order valence-corrected chi connectivity index (χ2v) is 17.4. The van der Waals surface area contributed by atoms with Crippen LogP contribution < -0.4 is 20.9 Å². The number of nitrogen functional groups attached to an aromatic ring is 2. The van der Waals surface area contributed by atoms with Crippen molar-refractivity contribution in [2.45, 2.75) is 118 Å². The second kappa shape index (κ2) is 15.6. The molecule has 6 rings (SSSR count). The van der Waals surface area contributed by atoms with Crippen molar-refractivity contribution in [3.63, 3.8) is 0 Å². The lowest BCUT2D eigenvalue weighted by molar-refractivity contribution is -0.138. The van der Waals surface area contributed by atoms with Gasteiger partial charge >= 0.3 is 5.97 Å². The second-order valence-electron chi connectivity index (χ2n) is 17.4. The summed E-state index contributed by atoms with van der Waals surface area (Å²) in [6, 6.07) is 13.1. The highest BCUT2D eigenvalue weighted by atomic mass is 16.6. The number of esters is 1. The molecule has 9 atom stereocenters. The van der Waals surface area contributed by atoms with Crippen LogP contribution in [0.3, 0.4) is 0 Å². The maximum absolute atomic E-state index is 12.2. The number of anilines is 2. The molecule has 0 aromatic heterocycles. The van der Waals surface area contributed by atoms with Gasteiger partial charge in [-0.25, -0.2) is 4.79 Å². The minimum atomic E-state index is -0.416. The fourth-order valence-corrected chi connectivity index (χ4v) is 11.4. The largest absolute Gasteiger partial charge is 0.490 e. The summed E-state index contributed by atoms with van der Waals surface area (Å²) in [7, 11) is 0. The molecular formula is C44H64N2O4. The Hall–Kier alpha value is -3.15. The van der Waals surface area contributed by atoms with E-state index in [2.05, 4.69) is 34.6 Å². The number of nitrogens with two attached hydrogens (primary N) is 2. The smallest absolute Gasteiger partial charge is 0.330 e. The van der Waals surface area contributed by atoms with E-state index in [1.807, 2.05) is 24.3 Å². The Morgan fingerprint density at radius 2 is 1.64 bits per heavy atom. The molecule has 4 saturated carbocycles. The fraction of sp³-hybridized carbons (Fsp3) is 0.659. The van der Waals surface area contributed by atoms with Crippen molar-refractivity contribution in [2.24, 2.45) is 52.3 Å². The molecule has 4 aliphatic rings. The van der Waals surface area contributed by atoms with Crippen molar-refractivity contribution in [3.8, 4) is 11.5 Å². The van der Waals surface area contributed by atoms with E-state index in [1.165, 1.54) is 76.7 Å². The molecule has 0 radical (unpaired) electrons. The average Bonchev–Trinajstić information content (AvgIpc) is 3.44. The van der Waals surface area contributed by atoms with Crippen molar-refractivity contribution < 1.29 is 19.0 Å². The van der Waals surface area contributed by atoms with Gasteiger partial charge in [0.1, 0.15) is 24.7 Å². The van der Waals surface area contributed by atoms with Gasteiger partial charge in [-0.3, -0.25) is 0 Å². The van der Waals surface area contributed by atoms with Gasteiger partial charge in [0.2, 0.25) is 0 Å². The molecule has 0 aliphatic heterocycles. The molecule has 4 N–H and O–H groups in total. The number of ether oxygens (including phenoxy) is 3. The predicted molar refractivity (Wildman–Crippen MR) is 205 cm³/mol. The van der Waals surface area contributed by atoms with Gasteiger partial charge in [-0.2, -0.15) is 0 Å². The van der Waals surface area contributed by atoms with Gasteiger partial charge in [0.25, 0.3) is 0 Å². The maximum Gasteiger partial charge on any atom is 0.330 e. The lowest BCUT2D eigenvalue weighted by atomic mass is 9.44. The molecule has 4 fully saturated rings. The van der Waals surface area contributed by atoms with Crippen molar-refractivity contribution >= 4 is 23.4 Å². The van der Waals surface area contributed by atoms with Crippen LogP contribution in [0.25, 0.3) is 6.08 Å². The molecule has 274 valence electrons. The summed E-state index contributed by atoms with van der Waals surface area (Å²) in [5, 5.41) is 0. The molecule has 4 aliphatic carbocycles. The summed E-state index contributed by atoms with van der Waals surface area (Å²) in [5.41, 5.74) is 14.6. The van der Waals surface area contributed by atoms with Crippen molar-refractivity contribution in [3.05, 3.63) is 54.1 Å². The van der Waals surface area contributed by atoms with Gasteiger partial charge < -0.3 is 25.7 Å². The molecule has 0 heterocycles. The van der Waals surface area contributed by atoms with Crippen LogP contribution in [0.1, 0.15) is 117 Å². The summed E-state index contributed by atoms with van der Waals surface area (Å²) in [4.78, 5) is 12.2. The lowest BCUT2D eigenvalue weighted by Gasteiger charge is -2.61. The highest BCUT2D eigenvalue weighted by molar-refractivity contribution is 5.87. The van der Waals surface area contributed by atoms with Crippen molar-refractivity contribution in [2.75, 3.05) is 24.7 Å². The Labute approximate surface area is 302 Å². The fourth-order valence-electron chi connectivity index (χ4n) is 11.4. The van der Waals surface area contributed by atoms with Gasteiger partial charge in [0, 0.05) is 11.8 Å². The molecule has 0 amide bonds. The summed E-state index contributed by atoms with van der Waals surface area (Å²) >= 11 is 0. The zero-order valence-electron chi connectivity index (χ0n) is 31.5. The van der Waals surface area contributed by atoms with Crippen LogP contribution in [0.2, 0.25) is 0 Å². The Morgan fingerprint density at radius 3 is 2.40 bits per heavy atom. The van der Waals surface area contributed by atoms with Crippen molar-refractivity contribution in [1.82, 2.24) is 0 Å². The van der Waals surface area contributed by atoms with Gasteiger partial charge in [-0.15, -0.1) is 0 Å². The first-order chi connectivity index (χ1) is 24.0. The highest BCUT2D eigenvalue weighted by Gasteiger charge is 2.60. The topological polar surface area (TPSA) is 96.8 Å². The zero-order valence-corrected chi connectivity index (χ0v) is 31.5. The third kappa shape index (κ3) is 8.00. The standard InChI is InChI=1S/C44H64N2O4/c1-29(2)7-6-8-30(3)37-17-18-38-36-16-12-32-27-35(21-23-43(32,4)39(36)22-24-44(37,38)5)50-34-14-9-31(10-15-34)11-20-42(47)49-26-25-48-41-19-13-33(45)28-40(41)46/h9-11,13-15,19-20,28-30,32,35-39H,6-8,12,16-18,21-27,45-46H2,1-5H3/t30-,32?,35?,36?,37-,38?,39?,43+,44-/m1/s1. The minimum absolute atomic E-state index is 0.126. The van der Waals surface area contributed by atoms with Crippen LogP contribution in [0.15, 0.2) is 48.5 Å². The maximum atomic E-state index is 12.2. The van der Waals surface area contributed by atoms with E-state index in [4.69, 9.17) is 25.7 Å². The third-order valence-corrected chi connectivity index (χ3v) is 14.0. The predicted octanol–water partition coefficient (Wildman–Crippen LogP) is 10.4. The molecule has 5 unspecified atom stereocenters. The summed E-state index contributed by atoms with van der Waals surface area (Å²) < 4.78 is 17.5. The Morgan fingerprint density at radius 1 is 0.880 bits per heavy atom. The Bertz CT molecular complexity index is 1470. The number of carbonyl (C=O) groups excluding carboxylic acids is 1. The van der Waals surface area contributed by atoms with Crippen LogP contribution >= 0.6 is 0 Å². The van der Waals surface area contributed by atoms with E-state index in [1.54, 1.807) is 24.3 Å². The molecule has 6 nitrogen and oxygen atoms in total. The first-order valence-corrected chi connectivity index (χ1v) is 19.9. The van der Waals surface area contributed by atoms with E-state index in [0.717, 1.165) is 59.2 Å². The molecule has 2 aromatic carbocycles. The first kappa shape index (κ1) is 36.6. The zero-order chi connectivity index (χ0) is 35.5.